The molecule has 0 fully saturated rings. The maximum atomic E-state index is 10.1. The van der Waals surface area contributed by atoms with E-state index in [1.54, 1.807) is 19.6 Å². The van der Waals surface area contributed by atoms with E-state index in [4.69, 9.17) is 4.74 Å². The summed E-state index contributed by atoms with van der Waals surface area (Å²) in [6.07, 6.45) is 1.61. The second-order valence-electron chi connectivity index (χ2n) is 2.43. The van der Waals surface area contributed by atoms with Crippen LogP contribution < -0.4 is 10.1 Å². The number of carbonyl (C=O) groups excluding carboxylic acids is 1. The average molecular weight is 164 g/mol. The summed E-state index contributed by atoms with van der Waals surface area (Å²) in [5, 5.41) is 2.44. The van der Waals surface area contributed by atoms with Crippen LogP contribution in [-0.2, 0) is 4.79 Å². The van der Waals surface area contributed by atoms with Crippen molar-refractivity contribution in [2.24, 2.45) is 0 Å². The van der Waals surface area contributed by atoms with Crippen LogP contribution in [0.2, 0.25) is 0 Å². The first-order valence-electron chi connectivity index (χ1n) is 3.55. The summed E-state index contributed by atoms with van der Waals surface area (Å²) < 4.78 is 5.01. The molecule has 1 rings (SSSR count). The van der Waals surface area contributed by atoms with E-state index in [9.17, 15) is 4.79 Å². The Bertz CT molecular complexity index is 284. The Morgan fingerprint density at radius 1 is 1.50 bits per heavy atom. The fraction of sp³-hybridized carbons (Fsp3) is 0.222. The first kappa shape index (κ1) is 8.59. The van der Waals surface area contributed by atoms with Crippen molar-refractivity contribution in [2.45, 2.75) is 6.92 Å². The third-order valence-corrected chi connectivity index (χ3v) is 1.54. The monoisotopic (exact) mass is 164 g/mol. The molecule has 3 nitrogen and oxygen atoms in total. The molecule has 0 aliphatic heterocycles. The SMILES string of the molecule is COc1ccc(C)cc1N[C]=O. The molecular formula is C9H10NO2. The van der Waals surface area contributed by atoms with Crippen LogP contribution in [0.4, 0.5) is 5.69 Å². The van der Waals surface area contributed by atoms with E-state index in [-0.39, 0.29) is 0 Å². The van der Waals surface area contributed by atoms with Gasteiger partial charge in [-0.15, -0.1) is 0 Å². The molecule has 1 N–H and O–H groups in total. The minimum atomic E-state index is 0.643. The number of hydrogen-bond acceptors (Lipinski definition) is 2. The fourth-order valence-corrected chi connectivity index (χ4v) is 0.974. The van der Waals surface area contributed by atoms with Crippen LogP contribution in [0.25, 0.3) is 0 Å². The molecule has 1 amide bonds. The van der Waals surface area contributed by atoms with Gasteiger partial charge in [-0.2, -0.15) is 0 Å². The van der Waals surface area contributed by atoms with Crippen LogP contribution in [0.5, 0.6) is 5.75 Å². The van der Waals surface area contributed by atoms with E-state index >= 15 is 0 Å². The second-order valence-corrected chi connectivity index (χ2v) is 2.43. The number of anilines is 1. The van der Waals surface area contributed by atoms with Crippen LogP contribution in [-0.4, -0.2) is 13.5 Å². The van der Waals surface area contributed by atoms with Crippen molar-refractivity contribution in [2.75, 3.05) is 12.4 Å². The zero-order valence-electron chi connectivity index (χ0n) is 7.05. The van der Waals surface area contributed by atoms with Crippen molar-refractivity contribution in [1.29, 1.82) is 0 Å². The van der Waals surface area contributed by atoms with Gasteiger partial charge < -0.3 is 10.1 Å². The van der Waals surface area contributed by atoms with Crippen molar-refractivity contribution in [3.05, 3.63) is 23.8 Å². The van der Waals surface area contributed by atoms with E-state index in [1.165, 1.54) is 0 Å². The van der Waals surface area contributed by atoms with Gasteiger partial charge in [0, 0.05) is 0 Å². The highest BCUT2D eigenvalue weighted by Crippen LogP contribution is 2.24. The summed E-state index contributed by atoms with van der Waals surface area (Å²) in [4.78, 5) is 10.1. The number of nitrogens with one attached hydrogen (secondary N) is 1. The molecule has 0 saturated heterocycles. The first-order chi connectivity index (χ1) is 5.77. The number of amides is 1. The van der Waals surface area contributed by atoms with Gasteiger partial charge in [-0.05, 0) is 24.6 Å². The highest BCUT2D eigenvalue weighted by molar-refractivity contribution is 5.76. The lowest BCUT2D eigenvalue weighted by Gasteiger charge is -2.06. The Morgan fingerprint density at radius 3 is 2.83 bits per heavy atom. The molecule has 0 bridgehead atoms. The highest BCUT2D eigenvalue weighted by Gasteiger charge is 2.00. The van der Waals surface area contributed by atoms with Crippen molar-refractivity contribution in [3.63, 3.8) is 0 Å². The Balaban J connectivity index is 3.03. The molecule has 1 aromatic rings. The standard InChI is InChI=1S/C9H10NO2/c1-7-3-4-9(12-2)8(5-7)10-6-11/h3-5H,1-2H3,(H,10,11). The average Bonchev–Trinajstić information content (AvgIpc) is 2.05. The predicted molar refractivity (Wildman–Crippen MR) is 47.0 cm³/mol. The molecule has 0 atom stereocenters. The maximum absolute atomic E-state index is 10.1. The number of methoxy groups -OCH3 is 1. The number of benzene rings is 1. The number of rotatable bonds is 3. The lowest BCUT2D eigenvalue weighted by molar-refractivity contribution is 0.416. The van der Waals surface area contributed by atoms with Gasteiger partial charge in [0.15, 0.2) is 0 Å². The molecule has 1 radical (unpaired) electrons. The summed E-state index contributed by atoms with van der Waals surface area (Å²) in [6.45, 7) is 1.94. The van der Waals surface area contributed by atoms with E-state index in [0.717, 1.165) is 5.56 Å². The van der Waals surface area contributed by atoms with Crippen LogP contribution in [0.3, 0.4) is 0 Å². The second kappa shape index (κ2) is 3.76. The van der Waals surface area contributed by atoms with E-state index in [1.807, 2.05) is 19.1 Å². The normalized spacial score (nSPS) is 9.17. The third kappa shape index (κ3) is 1.75. The van der Waals surface area contributed by atoms with Gasteiger partial charge in [-0.1, -0.05) is 6.07 Å². The molecule has 63 valence electrons. The molecular weight excluding hydrogens is 154 g/mol. The van der Waals surface area contributed by atoms with Gasteiger partial charge in [0.2, 0.25) is 0 Å². The molecule has 12 heavy (non-hydrogen) atoms. The lowest BCUT2D eigenvalue weighted by Crippen LogP contribution is -1.97. The van der Waals surface area contributed by atoms with E-state index in [0.29, 0.717) is 11.4 Å². The number of aryl methyl sites for hydroxylation is 1. The minimum Gasteiger partial charge on any atom is -0.495 e. The van der Waals surface area contributed by atoms with Gasteiger partial charge in [0.05, 0.1) is 12.8 Å². The molecule has 0 aliphatic carbocycles. The quantitative estimate of drug-likeness (QED) is 0.687. The van der Waals surface area contributed by atoms with Crippen LogP contribution in [0, 0.1) is 6.92 Å². The Kier molecular flexibility index (Phi) is 2.69. The third-order valence-electron chi connectivity index (χ3n) is 1.54. The largest absolute Gasteiger partial charge is 0.495 e. The smallest absolute Gasteiger partial charge is 0.314 e. The predicted octanol–water partition coefficient (Wildman–Crippen LogP) is 1.48. The van der Waals surface area contributed by atoms with Crippen LogP contribution in [0.15, 0.2) is 18.2 Å². The fourth-order valence-electron chi connectivity index (χ4n) is 0.974. The highest BCUT2D eigenvalue weighted by atomic mass is 16.5. The summed E-state index contributed by atoms with van der Waals surface area (Å²) >= 11 is 0. The van der Waals surface area contributed by atoms with Gasteiger partial charge in [-0.25, -0.2) is 0 Å². The van der Waals surface area contributed by atoms with Gasteiger partial charge in [0.25, 0.3) is 0 Å². The number of ether oxygens (including phenoxy) is 1. The summed E-state index contributed by atoms with van der Waals surface area (Å²) in [5.41, 5.74) is 1.71. The number of hydrogen-bond donors (Lipinski definition) is 1. The molecule has 0 unspecified atom stereocenters. The summed E-state index contributed by atoms with van der Waals surface area (Å²) in [6, 6.07) is 5.54. The summed E-state index contributed by atoms with van der Waals surface area (Å²) in [7, 11) is 1.56. The van der Waals surface area contributed by atoms with E-state index in [2.05, 4.69) is 5.32 Å². The molecule has 3 heteroatoms. The first-order valence-corrected chi connectivity index (χ1v) is 3.55. The van der Waals surface area contributed by atoms with Crippen LogP contribution in [0.1, 0.15) is 5.56 Å². The minimum absolute atomic E-state index is 0.643. The zero-order valence-corrected chi connectivity index (χ0v) is 7.05. The maximum Gasteiger partial charge on any atom is 0.314 e. The van der Waals surface area contributed by atoms with Crippen molar-refractivity contribution in [3.8, 4) is 5.75 Å². The molecule has 0 aliphatic rings. The molecule has 0 saturated carbocycles. The molecule has 0 spiro atoms. The van der Waals surface area contributed by atoms with Crippen LogP contribution >= 0.6 is 0 Å². The van der Waals surface area contributed by atoms with Gasteiger partial charge in [0.1, 0.15) is 5.75 Å². The zero-order chi connectivity index (χ0) is 8.97. The van der Waals surface area contributed by atoms with Gasteiger partial charge in [-0.3, -0.25) is 4.79 Å². The Hall–Kier alpha value is -1.51. The van der Waals surface area contributed by atoms with Gasteiger partial charge >= 0.3 is 6.41 Å². The Morgan fingerprint density at radius 2 is 2.25 bits per heavy atom. The van der Waals surface area contributed by atoms with Crippen molar-refractivity contribution < 1.29 is 9.53 Å². The van der Waals surface area contributed by atoms with Crippen molar-refractivity contribution in [1.82, 2.24) is 0 Å². The van der Waals surface area contributed by atoms with Crippen molar-refractivity contribution >= 4 is 12.1 Å². The topological polar surface area (TPSA) is 38.3 Å². The lowest BCUT2D eigenvalue weighted by atomic mass is 10.2. The summed E-state index contributed by atoms with van der Waals surface area (Å²) in [5.74, 6) is 0.643. The Labute approximate surface area is 71.4 Å². The molecule has 1 aromatic carbocycles. The molecule has 0 heterocycles. The molecule has 0 aromatic heterocycles. The van der Waals surface area contributed by atoms with E-state index < -0.39 is 0 Å².